The number of nitrogens with zero attached hydrogens (tertiary/aromatic N) is 3. The van der Waals surface area contributed by atoms with Gasteiger partial charge in [-0.3, -0.25) is 10.2 Å². The van der Waals surface area contributed by atoms with Crippen LogP contribution in [0.1, 0.15) is 39.5 Å². The molecule has 0 aromatic heterocycles. The number of β-lactam (4-membered cyclic amide) rings is 1. The molecule has 4 aliphatic rings. The van der Waals surface area contributed by atoms with E-state index in [9.17, 15) is 19.8 Å². The number of carbonyl (C=O) groups is 2. The summed E-state index contributed by atoms with van der Waals surface area (Å²) in [5.74, 6) is -1.15. The predicted octanol–water partition coefficient (Wildman–Crippen LogP) is 0.943. The number of piperidine rings is 2. The first-order valence-corrected chi connectivity index (χ1v) is 12.5. The highest BCUT2D eigenvalue weighted by molar-refractivity contribution is 8.03. The summed E-state index contributed by atoms with van der Waals surface area (Å²) in [6, 6.07) is -0.248. The number of nitrogens with two attached hydrogens (primary N) is 1. The SMILES string of the molecule is C[C@@H](O)[C@H]1C(=O)N2C(C(=O)O)=C(S[C@@H]3CCCN(CC4CCN(C(=N)N)CC4)C3)[C@H](C)[C@H]12. The molecule has 5 atom stereocenters. The van der Waals surface area contributed by atoms with Crippen molar-refractivity contribution in [3.63, 3.8) is 0 Å². The third kappa shape index (κ3) is 4.24. The number of rotatable bonds is 6. The van der Waals surface area contributed by atoms with Crippen molar-refractivity contribution >= 4 is 29.6 Å². The summed E-state index contributed by atoms with van der Waals surface area (Å²) in [6.07, 6.45) is 3.42. The van der Waals surface area contributed by atoms with Gasteiger partial charge in [0, 0.05) is 42.3 Å². The number of likely N-dealkylation sites (tertiary alicyclic amines) is 2. The molecule has 4 rings (SSSR count). The number of nitrogens with one attached hydrogen (secondary N) is 1. The summed E-state index contributed by atoms with van der Waals surface area (Å²) in [6.45, 7) is 8.28. The molecule has 0 aliphatic carbocycles. The Morgan fingerprint density at radius 3 is 2.56 bits per heavy atom. The lowest BCUT2D eigenvalue weighted by Gasteiger charge is -2.46. The van der Waals surface area contributed by atoms with Crippen LogP contribution in [0.5, 0.6) is 0 Å². The van der Waals surface area contributed by atoms with Gasteiger partial charge >= 0.3 is 5.97 Å². The summed E-state index contributed by atoms with van der Waals surface area (Å²) in [5, 5.41) is 27.8. The topological polar surface area (TPSA) is 134 Å². The first kappa shape index (κ1) is 23.4. The Bertz CT molecular complexity index is 810. The molecule has 5 N–H and O–H groups in total. The van der Waals surface area contributed by atoms with E-state index < -0.39 is 18.0 Å². The number of aliphatic hydroxyl groups is 1. The lowest BCUT2D eigenvalue weighted by Crippen LogP contribution is -2.63. The Kier molecular flexibility index (Phi) is 6.74. The molecule has 178 valence electrons. The summed E-state index contributed by atoms with van der Waals surface area (Å²) in [5.41, 5.74) is 5.73. The fourth-order valence-electron chi connectivity index (χ4n) is 5.85. The normalized spacial score (nSPS) is 32.7. The summed E-state index contributed by atoms with van der Waals surface area (Å²) in [4.78, 5) is 31.2. The Morgan fingerprint density at radius 1 is 1.28 bits per heavy atom. The first-order valence-electron chi connectivity index (χ1n) is 11.7. The van der Waals surface area contributed by atoms with E-state index in [4.69, 9.17) is 11.1 Å². The molecule has 0 unspecified atom stereocenters. The molecule has 0 spiro atoms. The number of thioether (sulfide) groups is 1. The van der Waals surface area contributed by atoms with Gasteiger partial charge in [-0.05, 0) is 45.1 Å². The second kappa shape index (κ2) is 9.23. The van der Waals surface area contributed by atoms with E-state index in [1.807, 2.05) is 11.8 Å². The van der Waals surface area contributed by atoms with E-state index >= 15 is 0 Å². The van der Waals surface area contributed by atoms with Gasteiger partial charge in [0.25, 0.3) is 0 Å². The summed E-state index contributed by atoms with van der Waals surface area (Å²) in [7, 11) is 0. The molecule has 4 aliphatic heterocycles. The zero-order valence-electron chi connectivity index (χ0n) is 18.9. The van der Waals surface area contributed by atoms with E-state index in [0.717, 1.165) is 63.3 Å². The van der Waals surface area contributed by atoms with Crippen molar-refractivity contribution in [1.29, 1.82) is 5.41 Å². The van der Waals surface area contributed by atoms with Gasteiger partial charge in [0.2, 0.25) is 5.91 Å². The van der Waals surface area contributed by atoms with Crippen LogP contribution >= 0.6 is 11.8 Å². The molecule has 3 fully saturated rings. The molecule has 0 aromatic carbocycles. The minimum Gasteiger partial charge on any atom is -0.477 e. The number of aliphatic carboxylic acids is 1. The van der Waals surface area contributed by atoms with Gasteiger partial charge < -0.3 is 30.6 Å². The van der Waals surface area contributed by atoms with Crippen molar-refractivity contribution in [3.05, 3.63) is 10.6 Å². The summed E-state index contributed by atoms with van der Waals surface area (Å²) >= 11 is 1.63. The highest BCUT2D eigenvalue weighted by Gasteiger charge is 2.60. The lowest BCUT2D eigenvalue weighted by atomic mass is 9.79. The molecule has 1 amide bonds. The largest absolute Gasteiger partial charge is 0.477 e. The van der Waals surface area contributed by atoms with Crippen molar-refractivity contribution < 1.29 is 19.8 Å². The zero-order chi connectivity index (χ0) is 23.2. The Morgan fingerprint density at radius 2 is 1.97 bits per heavy atom. The standard InChI is InChI=1S/C22H35N5O4S/c1-12-17-16(13(2)28)20(29)27(17)18(21(30)31)19(12)32-15-4-3-7-25(11-15)10-14-5-8-26(9-6-14)22(23)24/h12-17,28H,3-11H2,1-2H3,(H3,23,24)(H,30,31)/t12-,13-,15-,16-,17-/m1/s1. The highest BCUT2D eigenvalue weighted by atomic mass is 32.2. The van der Waals surface area contributed by atoms with Gasteiger partial charge in [-0.2, -0.15) is 0 Å². The molecule has 10 heteroatoms. The van der Waals surface area contributed by atoms with E-state index in [2.05, 4.69) is 4.90 Å². The Hall–Kier alpha value is -1.78. The Labute approximate surface area is 193 Å². The van der Waals surface area contributed by atoms with Crippen LogP contribution in [0.2, 0.25) is 0 Å². The third-order valence-corrected chi connectivity index (χ3v) is 9.08. The van der Waals surface area contributed by atoms with Crippen LogP contribution < -0.4 is 5.73 Å². The van der Waals surface area contributed by atoms with Gasteiger partial charge in [0.1, 0.15) is 5.70 Å². The number of aliphatic hydroxyl groups excluding tert-OH is 1. The molecule has 3 saturated heterocycles. The van der Waals surface area contributed by atoms with Crippen LogP contribution in [0, 0.1) is 23.2 Å². The fourth-order valence-corrected chi connectivity index (χ4v) is 7.44. The summed E-state index contributed by atoms with van der Waals surface area (Å²) < 4.78 is 0. The van der Waals surface area contributed by atoms with Gasteiger partial charge in [0.15, 0.2) is 5.96 Å². The molecule has 32 heavy (non-hydrogen) atoms. The quantitative estimate of drug-likeness (QED) is 0.259. The number of hydrogen-bond donors (Lipinski definition) is 4. The Balaban J connectivity index is 1.39. The van der Waals surface area contributed by atoms with Crippen molar-refractivity contribution in [2.24, 2.45) is 23.5 Å². The average Bonchev–Trinajstić information content (AvgIpc) is 2.97. The molecule has 4 heterocycles. The number of guanidine groups is 1. The zero-order valence-corrected chi connectivity index (χ0v) is 19.7. The minimum absolute atomic E-state index is 0.0744. The number of fused-ring (bicyclic) bond motifs is 1. The average molecular weight is 466 g/mol. The van der Waals surface area contributed by atoms with Gasteiger partial charge in [-0.15, -0.1) is 11.8 Å². The van der Waals surface area contributed by atoms with Crippen LogP contribution in [-0.2, 0) is 9.59 Å². The van der Waals surface area contributed by atoms with Crippen LogP contribution in [-0.4, -0.2) is 92.9 Å². The number of amides is 1. The number of carboxylic acid groups (broad SMARTS) is 1. The molecule has 9 nitrogen and oxygen atoms in total. The van der Waals surface area contributed by atoms with Gasteiger partial charge in [0.05, 0.1) is 18.1 Å². The smallest absolute Gasteiger partial charge is 0.353 e. The van der Waals surface area contributed by atoms with E-state index in [-0.39, 0.29) is 29.5 Å². The molecule has 0 aromatic rings. The van der Waals surface area contributed by atoms with Crippen molar-refractivity contribution in [2.75, 3.05) is 32.7 Å². The number of carboxylic acids is 1. The first-order chi connectivity index (χ1) is 15.2. The lowest BCUT2D eigenvalue weighted by molar-refractivity contribution is -0.163. The van der Waals surface area contributed by atoms with Crippen molar-refractivity contribution in [2.45, 2.75) is 56.9 Å². The van der Waals surface area contributed by atoms with Gasteiger partial charge in [-0.1, -0.05) is 6.92 Å². The van der Waals surface area contributed by atoms with Crippen LogP contribution in [0.25, 0.3) is 0 Å². The van der Waals surface area contributed by atoms with Crippen LogP contribution in [0.3, 0.4) is 0 Å². The maximum Gasteiger partial charge on any atom is 0.353 e. The molecular weight excluding hydrogens is 430 g/mol. The van der Waals surface area contributed by atoms with Crippen LogP contribution in [0.15, 0.2) is 10.6 Å². The van der Waals surface area contributed by atoms with E-state index in [1.54, 1.807) is 18.7 Å². The van der Waals surface area contributed by atoms with E-state index in [1.165, 1.54) is 4.90 Å². The predicted molar refractivity (Wildman–Crippen MR) is 123 cm³/mol. The maximum atomic E-state index is 12.5. The third-order valence-electron chi connectivity index (χ3n) is 7.54. The van der Waals surface area contributed by atoms with Crippen molar-refractivity contribution in [3.8, 4) is 0 Å². The van der Waals surface area contributed by atoms with Crippen LogP contribution in [0.4, 0.5) is 0 Å². The van der Waals surface area contributed by atoms with E-state index in [0.29, 0.717) is 11.2 Å². The molecule has 0 saturated carbocycles. The number of hydrogen-bond acceptors (Lipinski definition) is 6. The minimum atomic E-state index is -1.05. The molecule has 0 bridgehead atoms. The molecular formula is C22H35N5O4S. The molecule has 0 radical (unpaired) electrons. The highest BCUT2D eigenvalue weighted by Crippen LogP contribution is 2.51. The number of carbonyl (C=O) groups excluding carboxylic acids is 1. The monoisotopic (exact) mass is 465 g/mol. The second-order valence-electron chi connectivity index (χ2n) is 9.73. The fraction of sp³-hybridized carbons (Fsp3) is 0.773. The second-order valence-corrected chi connectivity index (χ2v) is 11.1. The van der Waals surface area contributed by atoms with Gasteiger partial charge in [-0.25, -0.2) is 4.79 Å². The maximum absolute atomic E-state index is 12.5. The van der Waals surface area contributed by atoms with Crippen molar-refractivity contribution in [1.82, 2.24) is 14.7 Å².